The van der Waals surface area contributed by atoms with Crippen LogP contribution in [0.15, 0.2) is 18.6 Å². The van der Waals surface area contributed by atoms with Gasteiger partial charge in [-0.3, -0.25) is 4.79 Å². The smallest absolute Gasteiger partial charge is 0.272 e. The summed E-state index contributed by atoms with van der Waals surface area (Å²) in [6, 6.07) is 1.79. The van der Waals surface area contributed by atoms with Crippen molar-refractivity contribution < 1.29 is 9.63 Å². The predicted octanol–water partition coefficient (Wildman–Crippen LogP) is 1.51. The van der Waals surface area contributed by atoms with Crippen molar-refractivity contribution in [3.05, 3.63) is 18.6 Å². The predicted molar refractivity (Wildman–Crippen MR) is 64.6 cm³/mol. The van der Waals surface area contributed by atoms with Crippen LogP contribution >= 0.6 is 0 Å². The molecule has 0 aromatic carbocycles. The average Bonchev–Trinajstić information content (AvgIpc) is 2.98. The van der Waals surface area contributed by atoms with Crippen molar-refractivity contribution in [2.45, 2.75) is 19.8 Å². The Bertz CT molecular complexity index is 580. The van der Waals surface area contributed by atoms with E-state index in [2.05, 4.69) is 15.0 Å². The number of hydroxylamine groups is 2. The molecule has 1 aliphatic rings. The number of fused-ring (bicyclic) bond motifs is 1. The van der Waals surface area contributed by atoms with E-state index >= 15 is 0 Å². The van der Waals surface area contributed by atoms with Gasteiger partial charge >= 0.3 is 0 Å². The van der Waals surface area contributed by atoms with Crippen molar-refractivity contribution in [3.8, 4) is 5.88 Å². The molecule has 1 amide bonds. The summed E-state index contributed by atoms with van der Waals surface area (Å²) in [5.74, 6) is 0.511. The number of amides is 1. The van der Waals surface area contributed by atoms with Crippen LogP contribution in [0.4, 0.5) is 0 Å². The zero-order chi connectivity index (χ0) is 12.5. The number of carbonyl (C=O) groups excluding carboxylic acids is 1. The average molecular weight is 246 g/mol. The summed E-state index contributed by atoms with van der Waals surface area (Å²) in [6.07, 6.45) is 4.89. The molecular weight excluding hydrogens is 232 g/mol. The van der Waals surface area contributed by atoms with E-state index in [0.717, 1.165) is 18.4 Å². The maximum atomic E-state index is 12.0. The molecule has 6 nitrogen and oxygen atoms in total. The fourth-order valence-electron chi connectivity index (χ4n) is 2.20. The molecule has 1 fully saturated rings. The Kier molecular flexibility index (Phi) is 2.62. The van der Waals surface area contributed by atoms with Crippen LogP contribution in [-0.4, -0.2) is 32.5 Å². The lowest BCUT2D eigenvalue weighted by molar-refractivity contribution is -0.153. The maximum absolute atomic E-state index is 12.0. The number of pyridine rings is 1. The van der Waals surface area contributed by atoms with Crippen LogP contribution in [0.25, 0.3) is 11.0 Å². The van der Waals surface area contributed by atoms with Gasteiger partial charge in [-0.25, -0.2) is 9.97 Å². The first-order chi connectivity index (χ1) is 8.79. The molecule has 6 heteroatoms. The fraction of sp³-hybridized carbons (Fsp3) is 0.417. The summed E-state index contributed by atoms with van der Waals surface area (Å²) < 4.78 is 0. The van der Waals surface area contributed by atoms with Gasteiger partial charge in [0.15, 0.2) is 0 Å². The first kappa shape index (κ1) is 11.0. The van der Waals surface area contributed by atoms with Crippen molar-refractivity contribution in [1.29, 1.82) is 0 Å². The Morgan fingerprint density at radius 1 is 1.56 bits per heavy atom. The second-order valence-electron chi connectivity index (χ2n) is 4.34. The van der Waals surface area contributed by atoms with Gasteiger partial charge in [-0.15, -0.1) is 0 Å². The van der Waals surface area contributed by atoms with Crippen LogP contribution in [0.5, 0.6) is 5.88 Å². The van der Waals surface area contributed by atoms with Gasteiger partial charge in [0, 0.05) is 12.1 Å². The van der Waals surface area contributed by atoms with Crippen LogP contribution < -0.4 is 4.84 Å². The van der Waals surface area contributed by atoms with Crippen molar-refractivity contribution >= 4 is 16.9 Å². The second kappa shape index (κ2) is 4.29. The molecule has 0 saturated carbocycles. The van der Waals surface area contributed by atoms with E-state index in [0.29, 0.717) is 17.9 Å². The summed E-state index contributed by atoms with van der Waals surface area (Å²) >= 11 is 0. The number of carbonyl (C=O) groups is 1. The van der Waals surface area contributed by atoms with E-state index < -0.39 is 0 Å². The van der Waals surface area contributed by atoms with Gasteiger partial charge in [0.2, 0.25) is 0 Å². The van der Waals surface area contributed by atoms with Crippen LogP contribution in [0.1, 0.15) is 19.8 Å². The molecule has 94 valence electrons. The molecular formula is C12H14N4O2. The molecule has 0 aliphatic carbocycles. The lowest BCUT2D eigenvalue weighted by Crippen LogP contribution is -2.31. The van der Waals surface area contributed by atoms with E-state index in [9.17, 15) is 4.79 Å². The lowest BCUT2D eigenvalue weighted by Gasteiger charge is -2.16. The highest BCUT2D eigenvalue weighted by Gasteiger charge is 2.32. The van der Waals surface area contributed by atoms with Crippen LogP contribution in [-0.2, 0) is 4.79 Å². The van der Waals surface area contributed by atoms with Gasteiger partial charge in [-0.1, -0.05) is 6.92 Å². The zero-order valence-electron chi connectivity index (χ0n) is 10.1. The molecule has 18 heavy (non-hydrogen) atoms. The van der Waals surface area contributed by atoms with Crippen LogP contribution in [0.3, 0.4) is 0 Å². The van der Waals surface area contributed by atoms with Crippen LogP contribution in [0.2, 0.25) is 0 Å². The minimum Gasteiger partial charge on any atom is -0.354 e. The molecule has 1 unspecified atom stereocenters. The maximum Gasteiger partial charge on any atom is 0.272 e. The number of hydrogen-bond acceptors (Lipinski definition) is 4. The Balaban J connectivity index is 1.85. The largest absolute Gasteiger partial charge is 0.354 e. The van der Waals surface area contributed by atoms with Gasteiger partial charge in [-0.2, -0.15) is 5.06 Å². The fourth-order valence-corrected chi connectivity index (χ4v) is 2.20. The highest BCUT2D eigenvalue weighted by molar-refractivity contribution is 5.81. The van der Waals surface area contributed by atoms with Gasteiger partial charge in [-0.05, 0) is 18.9 Å². The number of aromatic nitrogens is 3. The molecule has 3 rings (SSSR count). The van der Waals surface area contributed by atoms with Gasteiger partial charge < -0.3 is 9.82 Å². The summed E-state index contributed by atoms with van der Waals surface area (Å²) in [4.78, 5) is 28.8. The van der Waals surface area contributed by atoms with E-state index in [4.69, 9.17) is 4.84 Å². The third-order valence-corrected chi connectivity index (χ3v) is 3.27. The quantitative estimate of drug-likeness (QED) is 0.891. The number of aromatic amines is 1. The summed E-state index contributed by atoms with van der Waals surface area (Å²) in [7, 11) is 0. The molecule has 0 bridgehead atoms. The highest BCUT2D eigenvalue weighted by atomic mass is 16.7. The highest BCUT2D eigenvalue weighted by Crippen LogP contribution is 2.25. The number of nitrogens with one attached hydrogen (secondary N) is 1. The molecule has 2 aromatic rings. The molecule has 3 heterocycles. The molecule has 2 aromatic heterocycles. The van der Waals surface area contributed by atoms with Crippen molar-refractivity contribution in [2.75, 3.05) is 6.54 Å². The lowest BCUT2D eigenvalue weighted by atomic mass is 10.1. The van der Waals surface area contributed by atoms with E-state index in [1.54, 1.807) is 18.6 Å². The van der Waals surface area contributed by atoms with E-state index in [-0.39, 0.29) is 11.8 Å². The zero-order valence-corrected chi connectivity index (χ0v) is 10.1. The molecule has 1 atom stereocenters. The number of rotatable bonds is 3. The number of imidazole rings is 1. The first-order valence-corrected chi connectivity index (χ1v) is 6.07. The Morgan fingerprint density at radius 3 is 3.22 bits per heavy atom. The van der Waals surface area contributed by atoms with Gasteiger partial charge in [0.25, 0.3) is 11.8 Å². The molecule has 1 N–H and O–H groups in total. The normalized spacial score (nSPS) is 19.7. The summed E-state index contributed by atoms with van der Waals surface area (Å²) in [5.41, 5.74) is 1.49. The number of nitrogens with zero attached hydrogens (tertiary/aromatic N) is 3. The van der Waals surface area contributed by atoms with E-state index in [1.807, 2.05) is 6.92 Å². The Hall–Kier alpha value is -2.11. The Morgan fingerprint density at radius 2 is 2.44 bits per heavy atom. The standard InChI is InChI=1S/C12H14N4O2/c1-2-8-4-6-16(12(8)17)18-11-10-9(3-5-13-11)14-7-15-10/h3,5,7-8H,2,4,6H2,1H3,(H,14,15). The SMILES string of the molecule is CCC1CCN(Oc2nccc3nc[nH]c23)C1=O. The molecule has 1 aliphatic heterocycles. The Labute approximate surface area is 104 Å². The molecule has 0 radical (unpaired) electrons. The van der Waals surface area contributed by atoms with Crippen molar-refractivity contribution in [1.82, 2.24) is 20.0 Å². The van der Waals surface area contributed by atoms with Gasteiger partial charge in [0.1, 0.15) is 5.52 Å². The van der Waals surface area contributed by atoms with Gasteiger partial charge in [0.05, 0.1) is 18.4 Å². The summed E-state index contributed by atoms with van der Waals surface area (Å²) in [5, 5.41) is 1.40. The minimum absolute atomic E-state index is 0.0378. The van der Waals surface area contributed by atoms with Crippen LogP contribution in [0, 0.1) is 5.92 Å². The monoisotopic (exact) mass is 246 g/mol. The number of H-pyrrole nitrogens is 1. The first-order valence-electron chi connectivity index (χ1n) is 6.07. The third kappa shape index (κ3) is 1.70. The van der Waals surface area contributed by atoms with Crippen molar-refractivity contribution in [3.63, 3.8) is 0 Å². The van der Waals surface area contributed by atoms with Crippen molar-refractivity contribution in [2.24, 2.45) is 5.92 Å². The molecule has 0 spiro atoms. The summed E-state index contributed by atoms with van der Waals surface area (Å²) in [6.45, 7) is 2.63. The number of hydrogen-bond donors (Lipinski definition) is 1. The third-order valence-electron chi connectivity index (χ3n) is 3.27. The second-order valence-corrected chi connectivity index (χ2v) is 4.34. The topological polar surface area (TPSA) is 71.1 Å². The van der Waals surface area contributed by atoms with E-state index in [1.165, 1.54) is 5.06 Å². The molecule has 1 saturated heterocycles. The minimum atomic E-state index is 0.0378.